The van der Waals surface area contributed by atoms with Gasteiger partial charge in [0.15, 0.2) is 11.6 Å². The molecule has 0 unspecified atom stereocenters. The van der Waals surface area contributed by atoms with Crippen LogP contribution in [0.2, 0.25) is 10.0 Å². The lowest BCUT2D eigenvalue weighted by Crippen LogP contribution is -2.53. The Hall–Kier alpha value is -4.92. The summed E-state index contributed by atoms with van der Waals surface area (Å²) in [7, 11) is 0. The minimum Gasteiger partial charge on any atom is -0.494 e. The first-order chi connectivity index (χ1) is 25.0. The van der Waals surface area contributed by atoms with Gasteiger partial charge in [-0.25, -0.2) is 10.4 Å². The Balaban J connectivity index is 1.35. The number of aliphatic hydroxyl groups is 1. The molecule has 0 fully saturated rings. The number of carbonyl (C=O) groups excluding carboxylic acids is 1. The molecule has 7 nitrogen and oxygen atoms in total. The van der Waals surface area contributed by atoms with Gasteiger partial charge in [0.2, 0.25) is 5.90 Å². The molecule has 0 saturated carbocycles. The number of aliphatic hydroxyl groups excluding tert-OH is 1. The van der Waals surface area contributed by atoms with Crippen LogP contribution in [0.1, 0.15) is 52.7 Å². The molecule has 1 heterocycles. The molecule has 0 bridgehead atoms. The van der Waals surface area contributed by atoms with Crippen molar-refractivity contribution in [1.29, 1.82) is 0 Å². The van der Waals surface area contributed by atoms with E-state index in [4.69, 9.17) is 42.8 Å². The topological polar surface area (TPSA) is 92.2 Å². The molecule has 2 atom stereocenters. The van der Waals surface area contributed by atoms with Crippen LogP contribution in [0.15, 0.2) is 145 Å². The van der Waals surface area contributed by atoms with E-state index in [0.29, 0.717) is 52.4 Å². The van der Waals surface area contributed by atoms with Gasteiger partial charge in [-0.3, -0.25) is 10.2 Å². The van der Waals surface area contributed by atoms with E-state index in [1.165, 1.54) is 0 Å². The second-order valence-corrected chi connectivity index (χ2v) is 13.0. The second kappa shape index (κ2) is 17.3. The highest BCUT2D eigenvalue weighted by Crippen LogP contribution is 2.45. The molecule has 1 amide bonds. The number of nitrogens with one attached hydrogen (secondary N) is 2. The molecule has 5 aromatic carbocycles. The summed E-state index contributed by atoms with van der Waals surface area (Å²) in [4.78, 5) is 19.8. The Morgan fingerprint density at radius 3 is 2.16 bits per heavy atom. The molecular weight excluding hydrogens is 681 g/mol. The molecule has 1 aliphatic heterocycles. The summed E-state index contributed by atoms with van der Waals surface area (Å²) in [5.74, 6) is 0.534. The van der Waals surface area contributed by atoms with Crippen LogP contribution in [0.5, 0.6) is 5.75 Å². The minimum absolute atomic E-state index is 0.0277. The van der Waals surface area contributed by atoms with E-state index < -0.39 is 11.6 Å². The van der Waals surface area contributed by atoms with Crippen molar-refractivity contribution in [2.24, 2.45) is 4.99 Å². The molecule has 5 aromatic rings. The van der Waals surface area contributed by atoms with Crippen LogP contribution in [-0.4, -0.2) is 42.2 Å². The number of rotatable bonds is 15. The third kappa shape index (κ3) is 8.88. The molecule has 0 spiro atoms. The average Bonchev–Trinajstić information content (AvgIpc) is 3.55. The number of carbonyl (C=O) groups is 1. The van der Waals surface area contributed by atoms with Crippen molar-refractivity contribution in [1.82, 2.24) is 10.9 Å². The number of halogens is 2. The normalized spacial score (nSPS) is 16.9. The standard InChI is InChI=1S/C42H39Cl2N3O4/c43-34-21-24-36(38(44)28-34)39-42(25-10-14-30-12-4-1-5-13-30,46-40(51-39)33-19-22-35(23-20-33)50-27-11-26-48)41(49)47-45-29-37(31-15-6-2-7-16-31)32-17-8-3-9-18-32/h1-10,12-24,28,37,39,45,48H,11,25-27,29H2,(H,47,49)/b14-10+/t39-,42-/m0/s1. The van der Waals surface area contributed by atoms with E-state index in [1.807, 2.05) is 103 Å². The lowest BCUT2D eigenvalue weighted by Gasteiger charge is -2.30. The van der Waals surface area contributed by atoms with Crippen LogP contribution in [0.4, 0.5) is 0 Å². The molecule has 0 saturated heterocycles. The highest BCUT2D eigenvalue weighted by molar-refractivity contribution is 6.35. The van der Waals surface area contributed by atoms with Crippen LogP contribution >= 0.6 is 23.2 Å². The maximum Gasteiger partial charge on any atom is 0.266 e. The average molecular weight is 721 g/mol. The van der Waals surface area contributed by atoms with E-state index in [1.54, 1.807) is 18.2 Å². The monoisotopic (exact) mass is 719 g/mol. The zero-order chi connectivity index (χ0) is 35.5. The fourth-order valence-electron chi connectivity index (χ4n) is 6.09. The highest BCUT2D eigenvalue weighted by Gasteiger charge is 2.53. The molecule has 1 aliphatic rings. The van der Waals surface area contributed by atoms with Crippen molar-refractivity contribution in [2.75, 3.05) is 19.8 Å². The molecule has 260 valence electrons. The Morgan fingerprint density at radius 1 is 0.882 bits per heavy atom. The van der Waals surface area contributed by atoms with E-state index in [0.717, 1.165) is 16.7 Å². The number of ether oxygens (including phenoxy) is 2. The van der Waals surface area contributed by atoms with Crippen molar-refractivity contribution in [3.63, 3.8) is 0 Å². The lowest BCUT2D eigenvalue weighted by molar-refractivity contribution is -0.129. The highest BCUT2D eigenvalue weighted by atomic mass is 35.5. The van der Waals surface area contributed by atoms with Gasteiger partial charge in [-0.2, -0.15) is 0 Å². The minimum atomic E-state index is -1.46. The SMILES string of the molecule is O=C(NNCC(c1ccccc1)c1ccccc1)[C@@]1(C/C=C/c2ccccc2)N=C(c2ccc(OCCCO)cc2)O[C@H]1c1ccc(Cl)cc1Cl. The number of hydrogen-bond acceptors (Lipinski definition) is 6. The summed E-state index contributed by atoms with van der Waals surface area (Å²) in [5, 5.41) is 9.95. The van der Waals surface area contributed by atoms with Crippen LogP contribution in [0.25, 0.3) is 6.08 Å². The number of hydrogen-bond donors (Lipinski definition) is 3. The fourth-order valence-corrected chi connectivity index (χ4v) is 6.59. The van der Waals surface area contributed by atoms with Crippen LogP contribution in [0.3, 0.4) is 0 Å². The maximum absolute atomic E-state index is 14.7. The van der Waals surface area contributed by atoms with Crippen molar-refractivity contribution in [3.05, 3.63) is 177 Å². The Kier molecular flexibility index (Phi) is 12.2. The van der Waals surface area contributed by atoms with E-state index >= 15 is 0 Å². The quantitative estimate of drug-likeness (QED) is 0.0745. The third-order valence-electron chi connectivity index (χ3n) is 8.73. The first kappa shape index (κ1) is 35.9. The summed E-state index contributed by atoms with van der Waals surface area (Å²) in [6.07, 6.45) is 3.75. The zero-order valence-corrected chi connectivity index (χ0v) is 29.4. The predicted molar refractivity (Wildman–Crippen MR) is 204 cm³/mol. The van der Waals surface area contributed by atoms with Gasteiger partial charge in [0.25, 0.3) is 5.91 Å². The molecule has 0 aliphatic carbocycles. The number of amides is 1. The summed E-state index contributed by atoms with van der Waals surface area (Å²) in [5.41, 5.74) is 9.25. The summed E-state index contributed by atoms with van der Waals surface area (Å²) >= 11 is 13.1. The molecular formula is C42H39Cl2N3O4. The fraction of sp³-hybridized carbons (Fsp3) is 0.190. The van der Waals surface area contributed by atoms with Gasteiger partial charge >= 0.3 is 0 Å². The lowest BCUT2D eigenvalue weighted by atomic mass is 9.84. The molecule has 0 aromatic heterocycles. The van der Waals surface area contributed by atoms with Gasteiger partial charge in [-0.05, 0) is 53.1 Å². The first-order valence-corrected chi connectivity index (χ1v) is 17.6. The van der Waals surface area contributed by atoms with Crippen LogP contribution in [0, 0.1) is 0 Å². The Labute approximate surface area is 308 Å². The van der Waals surface area contributed by atoms with Crippen LogP contribution in [-0.2, 0) is 9.53 Å². The zero-order valence-electron chi connectivity index (χ0n) is 27.9. The first-order valence-electron chi connectivity index (χ1n) is 16.9. The largest absolute Gasteiger partial charge is 0.494 e. The van der Waals surface area contributed by atoms with Gasteiger partial charge < -0.3 is 14.6 Å². The number of aliphatic imine (C=N–C) groups is 1. The molecule has 6 rings (SSSR count). The van der Waals surface area contributed by atoms with E-state index in [9.17, 15) is 4.79 Å². The van der Waals surface area contributed by atoms with E-state index in [2.05, 4.69) is 35.1 Å². The van der Waals surface area contributed by atoms with Crippen molar-refractivity contribution >= 4 is 41.1 Å². The van der Waals surface area contributed by atoms with Gasteiger partial charge in [0, 0.05) is 53.1 Å². The van der Waals surface area contributed by atoms with Gasteiger partial charge in [0.05, 0.1) is 6.61 Å². The number of hydrazine groups is 1. The Morgan fingerprint density at radius 2 is 1.53 bits per heavy atom. The van der Waals surface area contributed by atoms with Gasteiger partial charge in [-0.1, -0.05) is 132 Å². The molecule has 9 heteroatoms. The summed E-state index contributed by atoms with van der Waals surface area (Å²) < 4.78 is 12.4. The van der Waals surface area contributed by atoms with E-state index in [-0.39, 0.29) is 24.9 Å². The van der Waals surface area contributed by atoms with Crippen molar-refractivity contribution < 1.29 is 19.4 Å². The molecule has 51 heavy (non-hydrogen) atoms. The predicted octanol–water partition coefficient (Wildman–Crippen LogP) is 8.57. The second-order valence-electron chi connectivity index (χ2n) is 12.2. The van der Waals surface area contributed by atoms with Crippen molar-refractivity contribution in [3.8, 4) is 5.75 Å². The summed E-state index contributed by atoms with van der Waals surface area (Å²) in [6.45, 7) is 0.870. The molecule has 3 N–H and O–H groups in total. The van der Waals surface area contributed by atoms with Crippen molar-refractivity contribution in [2.45, 2.75) is 30.4 Å². The van der Waals surface area contributed by atoms with Gasteiger partial charge in [-0.15, -0.1) is 0 Å². The number of benzene rings is 5. The Bertz CT molecular complexity index is 1900. The third-order valence-corrected chi connectivity index (χ3v) is 9.29. The molecule has 0 radical (unpaired) electrons. The maximum atomic E-state index is 14.7. The smallest absolute Gasteiger partial charge is 0.266 e. The summed E-state index contributed by atoms with van der Waals surface area (Å²) in [6, 6.07) is 42.7. The number of nitrogens with zero attached hydrogens (tertiary/aromatic N) is 1. The van der Waals surface area contributed by atoms with Crippen LogP contribution < -0.4 is 15.6 Å². The van der Waals surface area contributed by atoms with Gasteiger partial charge in [0.1, 0.15) is 5.75 Å².